The van der Waals surface area contributed by atoms with Crippen molar-refractivity contribution in [3.63, 3.8) is 0 Å². The van der Waals surface area contributed by atoms with Crippen molar-refractivity contribution < 1.29 is 19.1 Å². The Labute approximate surface area is 204 Å². The average Bonchev–Trinajstić information content (AvgIpc) is 2.70. The molecule has 1 aromatic rings. The van der Waals surface area contributed by atoms with Crippen LogP contribution >= 0.6 is 12.6 Å². The summed E-state index contributed by atoms with van der Waals surface area (Å²) in [6, 6.07) is 4.09. The van der Waals surface area contributed by atoms with Crippen molar-refractivity contribution in [2.75, 3.05) is 12.3 Å². The minimum atomic E-state index is -0.934. The number of aryl methyl sites for hydroxylation is 2. The van der Waals surface area contributed by atoms with Gasteiger partial charge in [0.25, 0.3) is 0 Å². The average molecular weight is 480 g/mol. The maximum absolute atomic E-state index is 13.6. The van der Waals surface area contributed by atoms with E-state index in [9.17, 15) is 14.4 Å². The lowest BCUT2D eigenvalue weighted by Gasteiger charge is -2.34. The first-order chi connectivity index (χ1) is 15.3. The lowest BCUT2D eigenvalue weighted by atomic mass is 9.96. The molecule has 3 amide bonds. The largest absolute Gasteiger partial charge is 0.444 e. The molecule has 0 aliphatic carbocycles. The zero-order chi connectivity index (χ0) is 25.3. The topological polar surface area (TPSA) is 87.7 Å². The molecule has 3 atom stereocenters. The summed E-state index contributed by atoms with van der Waals surface area (Å²) in [7, 11) is 0. The van der Waals surface area contributed by atoms with E-state index in [1.807, 2.05) is 45.9 Å². The van der Waals surface area contributed by atoms with Gasteiger partial charge in [0.2, 0.25) is 11.8 Å². The van der Waals surface area contributed by atoms with Crippen LogP contribution in [0.3, 0.4) is 0 Å². The molecule has 8 heteroatoms. The summed E-state index contributed by atoms with van der Waals surface area (Å²) < 4.78 is 5.31. The molecule has 186 valence electrons. The molecule has 1 rings (SSSR count). The van der Waals surface area contributed by atoms with E-state index in [4.69, 9.17) is 4.74 Å². The minimum Gasteiger partial charge on any atom is -0.444 e. The van der Waals surface area contributed by atoms with Crippen LogP contribution in [-0.2, 0) is 14.3 Å². The van der Waals surface area contributed by atoms with E-state index in [0.29, 0.717) is 0 Å². The Morgan fingerprint density at radius 3 is 2.27 bits per heavy atom. The Balaban J connectivity index is 3.34. The Hall–Kier alpha value is -2.22. The summed E-state index contributed by atoms with van der Waals surface area (Å²) in [6.07, 6.45) is 1.08. The highest BCUT2D eigenvalue weighted by Gasteiger charge is 2.36. The molecule has 2 N–H and O–H groups in total. The summed E-state index contributed by atoms with van der Waals surface area (Å²) in [5, 5.41) is 5.67. The fourth-order valence-corrected chi connectivity index (χ4v) is 3.88. The van der Waals surface area contributed by atoms with E-state index < -0.39 is 23.8 Å². The van der Waals surface area contributed by atoms with Gasteiger partial charge in [-0.2, -0.15) is 12.6 Å². The molecule has 0 spiro atoms. The second-order valence-electron chi connectivity index (χ2n) is 9.47. The number of likely N-dealkylation sites (N-methyl/N-ethyl adjacent to an activating group) is 1. The maximum Gasteiger partial charge on any atom is 0.408 e. The number of nitrogens with one attached hydrogen (secondary N) is 2. The van der Waals surface area contributed by atoms with E-state index in [0.717, 1.165) is 29.5 Å². The summed E-state index contributed by atoms with van der Waals surface area (Å²) in [6.45, 7) is 15.3. The first-order valence-electron chi connectivity index (χ1n) is 11.6. The standard InChI is InChI=1S/C25H41N3O4S/c1-9-11-18(5)26-22(29)21(19-14-16(3)12-13-17(19)4)28(10-2)23(30)20(15-33)27-24(31)32-25(6,7)8/h12-14,18,20-21,33H,9-11,15H2,1-8H3,(H,26,29)(H,27,31). The van der Waals surface area contributed by atoms with E-state index in [1.165, 1.54) is 4.90 Å². The van der Waals surface area contributed by atoms with Gasteiger partial charge in [-0.3, -0.25) is 9.59 Å². The highest BCUT2D eigenvalue weighted by atomic mass is 32.1. The molecule has 0 aliphatic heterocycles. The van der Waals surface area contributed by atoms with Gasteiger partial charge in [-0.15, -0.1) is 0 Å². The Bertz CT molecular complexity index is 822. The van der Waals surface area contributed by atoms with Crippen molar-refractivity contribution in [1.29, 1.82) is 0 Å². The van der Waals surface area contributed by atoms with Crippen molar-refractivity contribution in [3.05, 3.63) is 34.9 Å². The number of benzene rings is 1. The number of carbonyl (C=O) groups is 3. The number of hydrogen-bond donors (Lipinski definition) is 3. The second-order valence-corrected chi connectivity index (χ2v) is 9.83. The molecule has 0 aromatic heterocycles. The second kappa shape index (κ2) is 12.9. The molecule has 7 nitrogen and oxygen atoms in total. The lowest BCUT2D eigenvalue weighted by Crippen LogP contribution is -2.54. The zero-order valence-corrected chi connectivity index (χ0v) is 22.2. The Kier molecular flexibility index (Phi) is 11.2. The number of carbonyl (C=O) groups excluding carboxylic acids is 3. The predicted molar refractivity (Wildman–Crippen MR) is 136 cm³/mol. The number of rotatable bonds is 10. The first kappa shape index (κ1) is 28.8. The number of hydrogen-bond acceptors (Lipinski definition) is 5. The van der Waals surface area contributed by atoms with Gasteiger partial charge in [-0.25, -0.2) is 4.79 Å². The molecular formula is C25H41N3O4S. The van der Waals surface area contributed by atoms with Crippen LogP contribution in [0.2, 0.25) is 0 Å². The fourth-order valence-electron chi connectivity index (χ4n) is 3.63. The van der Waals surface area contributed by atoms with Crippen LogP contribution in [-0.4, -0.2) is 52.8 Å². The van der Waals surface area contributed by atoms with Gasteiger partial charge < -0.3 is 20.3 Å². The summed E-state index contributed by atoms with van der Waals surface area (Å²) in [5.74, 6) is -0.556. The van der Waals surface area contributed by atoms with Crippen LogP contribution in [0.5, 0.6) is 0 Å². The van der Waals surface area contributed by atoms with Crippen LogP contribution in [0.1, 0.15) is 77.1 Å². The van der Waals surface area contributed by atoms with Gasteiger partial charge in [-0.1, -0.05) is 37.1 Å². The van der Waals surface area contributed by atoms with E-state index in [-0.39, 0.29) is 30.2 Å². The third kappa shape index (κ3) is 8.91. The molecule has 0 bridgehead atoms. The number of alkyl carbamates (subject to hydrolysis) is 1. The maximum atomic E-state index is 13.6. The van der Waals surface area contributed by atoms with Gasteiger partial charge in [0, 0.05) is 18.3 Å². The molecule has 0 saturated carbocycles. The number of amides is 3. The Morgan fingerprint density at radius 1 is 1.12 bits per heavy atom. The van der Waals surface area contributed by atoms with Crippen LogP contribution in [0.25, 0.3) is 0 Å². The zero-order valence-electron chi connectivity index (χ0n) is 21.3. The minimum absolute atomic E-state index is 0.0236. The fraction of sp³-hybridized carbons (Fsp3) is 0.640. The lowest BCUT2D eigenvalue weighted by molar-refractivity contribution is -0.142. The third-order valence-corrected chi connectivity index (χ3v) is 5.56. The van der Waals surface area contributed by atoms with Crippen molar-refractivity contribution in [3.8, 4) is 0 Å². The summed E-state index contributed by atoms with van der Waals surface area (Å²) >= 11 is 4.28. The Morgan fingerprint density at radius 2 is 1.76 bits per heavy atom. The van der Waals surface area contributed by atoms with Crippen molar-refractivity contribution >= 4 is 30.5 Å². The van der Waals surface area contributed by atoms with Crippen LogP contribution in [0.15, 0.2) is 18.2 Å². The predicted octanol–water partition coefficient (Wildman–Crippen LogP) is 4.32. The highest BCUT2D eigenvalue weighted by molar-refractivity contribution is 7.80. The molecule has 0 radical (unpaired) electrons. The van der Waals surface area contributed by atoms with Crippen LogP contribution in [0.4, 0.5) is 4.79 Å². The van der Waals surface area contributed by atoms with Gasteiger partial charge in [0.1, 0.15) is 17.7 Å². The molecule has 0 saturated heterocycles. The SMILES string of the molecule is CCCC(C)NC(=O)C(c1cc(C)ccc1C)N(CC)C(=O)C(CS)NC(=O)OC(C)(C)C. The monoisotopic (exact) mass is 479 g/mol. The highest BCUT2D eigenvalue weighted by Crippen LogP contribution is 2.27. The van der Waals surface area contributed by atoms with Crippen molar-refractivity contribution in [2.24, 2.45) is 0 Å². The van der Waals surface area contributed by atoms with Gasteiger partial charge in [0.15, 0.2) is 0 Å². The summed E-state index contributed by atoms with van der Waals surface area (Å²) in [5.41, 5.74) is 1.98. The van der Waals surface area contributed by atoms with Crippen molar-refractivity contribution in [1.82, 2.24) is 15.5 Å². The molecule has 0 aliphatic rings. The van der Waals surface area contributed by atoms with Gasteiger partial charge >= 0.3 is 6.09 Å². The molecule has 1 aromatic carbocycles. The molecule has 0 heterocycles. The smallest absolute Gasteiger partial charge is 0.408 e. The third-order valence-electron chi connectivity index (χ3n) is 5.20. The van der Waals surface area contributed by atoms with E-state index in [2.05, 4.69) is 30.2 Å². The molecule has 0 fully saturated rings. The van der Waals surface area contributed by atoms with E-state index in [1.54, 1.807) is 20.8 Å². The number of ether oxygens (including phenoxy) is 1. The van der Waals surface area contributed by atoms with Crippen LogP contribution in [0, 0.1) is 13.8 Å². The van der Waals surface area contributed by atoms with Gasteiger partial charge in [-0.05, 0) is 66.0 Å². The number of nitrogens with zero attached hydrogens (tertiary/aromatic N) is 1. The van der Waals surface area contributed by atoms with Crippen molar-refractivity contribution in [2.45, 2.75) is 92.0 Å². The summed E-state index contributed by atoms with van der Waals surface area (Å²) in [4.78, 5) is 40.9. The quantitative estimate of drug-likeness (QED) is 0.436. The normalized spacial score (nSPS) is 14.1. The van der Waals surface area contributed by atoms with Crippen LogP contribution < -0.4 is 10.6 Å². The first-order valence-corrected chi connectivity index (χ1v) is 12.3. The molecule has 33 heavy (non-hydrogen) atoms. The number of thiol groups is 1. The molecule has 3 unspecified atom stereocenters. The van der Waals surface area contributed by atoms with Gasteiger partial charge in [0.05, 0.1) is 0 Å². The molecular weight excluding hydrogens is 438 g/mol. The van der Waals surface area contributed by atoms with E-state index >= 15 is 0 Å².